The Balaban J connectivity index is 1.36. The van der Waals surface area contributed by atoms with Gasteiger partial charge in [0.25, 0.3) is 5.91 Å². The number of carbonyl (C=O) groups excluding carboxylic acids is 1. The molecule has 1 aromatic heterocycles. The molecule has 2 fully saturated rings. The van der Waals surface area contributed by atoms with E-state index < -0.39 is 5.54 Å². The molecule has 2 aliphatic rings. The van der Waals surface area contributed by atoms with E-state index in [9.17, 15) is 9.18 Å². The molecule has 1 saturated carbocycles. The van der Waals surface area contributed by atoms with Gasteiger partial charge in [-0.15, -0.1) is 0 Å². The molecule has 0 atom stereocenters. The molecule has 0 radical (unpaired) electrons. The Morgan fingerprint density at radius 3 is 2.69 bits per heavy atom. The predicted molar refractivity (Wildman–Crippen MR) is 125 cm³/mol. The third-order valence-electron chi connectivity index (χ3n) is 6.83. The van der Waals surface area contributed by atoms with Crippen LogP contribution < -0.4 is 10.6 Å². The van der Waals surface area contributed by atoms with Gasteiger partial charge in [0.05, 0.1) is 11.6 Å². The highest BCUT2D eigenvalue weighted by Crippen LogP contribution is 2.48. The van der Waals surface area contributed by atoms with Crippen LogP contribution in [0.3, 0.4) is 0 Å². The van der Waals surface area contributed by atoms with Crippen molar-refractivity contribution in [3.8, 4) is 0 Å². The van der Waals surface area contributed by atoms with Gasteiger partial charge in [0, 0.05) is 42.0 Å². The summed E-state index contributed by atoms with van der Waals surface area (Å²) in [5.74, 6) is -0.435. The van der Waals surface area contributed by atoms with Crippen molar-refractivity contribution in [3.63, 3.8) is 0 Å². The monoisotopic (exact) mass is 432 g/mol. The molecule has 0 unspecified atom stereocenters. The summed E-state index contributed by atoms with van der Waals surface area (Å²) in [4.78, 5) is 19.9. The number of fused-ring (bicyclic) bond motifs is 1. The number of nitrogens with one attached hydrogen (secondary N) is 2. The first kappa shape index (κ1) is 20.9. The largest absolute Gasteiger partial charge is 0.380 e. The molecular formula is C26H29FN4O. The third kappa shape index (κ3) is 3.73. The Morgan fingerprint density at radius 2 is 1.97 bits per heavy atom. The topological polar surface area (TPSA) is 57.3 Å². The minimum atomic E-state index is -0.465. The Morgan fingerprint density at radius 1 is 1.19 bits per heavy atom. The SMILES string of the molecule is Cc1ccc(NC2CN(C(C)C)C2)cc1C(=O)NC1(c2ccc(F)c3ncccc23)CC1. The lowest BCUT2D eigenvalue weighted by Gasteiger charge is -2.42. The fourth-order valence-electron chi connectivity index (χ4n) is 4.64. The normalized spacial score (nSPS) is 17.9. The van der Waals surface area contributed by atoms with Crippen molar-refractivity contribution in [2.45, 2.75) is 51.2 Å². The lowest BCUT2D eigenvalue weighted by atomic mass is 9.98. The number of aromatic nitrogens is 1. The maximum Gasteiger partial charge on any atom is 0.252 e. The molecule has 1 saturated heterocycles. The summed E-state index contributed by atoms with van der Waals surface area (Å²) in [5, 5.41) is 7.57. The number of halogens is 1. The van der Waals surface area contributed by atoms with E-state index in [1.165, 1.54) is 6.07 Å². The average Bonchev–Trinajstić information content (AvgIpc) is 3.51. The van der Waals surface area contributed by atoms with Crippen molar-refractivity contribution >= 4 is 22.5 Å². The van der Waals surface area contributed by atoms with Gasteiger partial charge in [0.15, 0.2) is 0 Å². The quantitative estimate of drug-likeness (QED) is 0.598. The standard InChI is InChI=1S/C26H29FN4O/c1-16(2)31-14-19(15-31)29-18-7-6-17(3)21(13-18)25(32)30-26(10-11-26)22-8-9-23(27)24-20(22)5-4-12-28-24/h4-9,12-13,16,19,29H,10-11,14-15H2,1-3H3,(H,30,32). The zero-order valence-electron chi connectivity index (χ0n) is 18.8. The van der Waals surface area contributed by atoms with E-state index in [2.05, 4.69) is 34.4 Å². The van der Waals surface area contributed by atoms with Gasteiger partial charge in [0.2, 0.25) is 0 Å². The van der Waals surface area contributed by atoms with Crippen LogP contribution in [0.15, 0.2) is 48.7 Å². The summed E-state index contributed by atoms with van der Waals surface area (Å²) >= 11 is 0. The second-order valence-corrected chi connectivity index (χ2v) is 9.45. The zero-order valence-corrected chi connectivity index (χ0v) is 18.8. The van der Waals surface area contributed by atoms with Crippen molar-refractivity contribution in [1.29, 1.82) is 0 Å². The number of aryl methyl sites for hydroxylation is 1. The summed E-state index contributed by atoms with van der Waals surface area (Å²) < 4.78 is 14.2. The van der Waals surface area contributed by atoms with Gasteiger partial charge in [-0.2, -0.15) is 0 Å². The van der Waals surface area contributed by atoms with E-state index in [4.69, 9.17) is 0 Å². The first-order valence-electron chi connectivity index (χ1n) is 11.3. The number of nitrogens with zero attached hydrogens (tertiary/aromatic N) is 2. The van der Waals surface area contributed by atoms with Crippen molar-refractivity contribution in [3.05, 3.63) is 71.2 Å². The molecule has 166 valence electrons. The molecule has 1 aliphatic carbocycles. The van der Waals surface area contributed by atoms with Crippen LogP contribution in [-0.4, -0.2) is 41.0 Å². The molecule has 2 N–H and O–H groups in total. The number of benzene rings is 2. The highest BCUT2D eigenvalue weighted by molar-refractivity contribution is 5.98. The number of rotatable bonds is 6. The number of amides is 1. The molecule has 2 heterocycles. The molecule has 0 bridgehead atoms. The Hall–Kier alpha value is -2.99. The second kappa shape index (κ2) is 7.85. The van der Waals surface area contributed by atoms with E-state index in [-0.39, 0.29) is 11.7 Å². The van der Waals surface area contributed by atoms with Crippen LogP contribution in [0.2, 0.25) is 0 Å². The number of carbonyl (C=O) groups is 1. The van der Waals surface area contributed by atoms with Crippen LogP contribution in [0.25, 0.3) is 10.9 Å². The Bertz CT molecular complexity index is 1180. The van der Waals surface area contributed by atoms with E-state index in [0.717, 1.165) is 48.1 Å². The van der Waals surface area contributed by atoms with Crippen molar-refractivity contribution in [1.82, 2.24) is 15.2 Å². The van der Waals surface area contributed by atoms with Crippen molar-refractivity contribution in [2.75, 3.05) is 18.4 Å². The number of pyridine rings is 1. The fraction of sp³-hybridized carbons (Fsp3) is 0.385. The lowest BCUT2D eigenvalue weighted by molar-refractivity contribution is 0.0930. The smallest absolute Gasteiger partial charge is 0.252 e. The van der Waals surface area contributed by atoms with E-state index in [0.29, 0.717) is 23.2 Å². The van der Waals surface area contributed by atoms with Crippen molar-refractivity contribution < 1.29 is 9.18 Å². The fourth-order valence-corrected chi connectivity index (χ4v) is 4.64. The summed E-state index contributed by atoms with van der Waals surface area (Å²) in [6.45, 7) is 8.40. The summed E-state index contributed by atoms with van der Waals surface area (Å²) in [5.41, 5.74) is 3.40. The number of hydrogen-bond acceptors (Lipinski definition) is 4. The van der Waals surface area contributed by atoms with Gasteiger partial charge in [-0.05, 0) is 69.0 Å². The lowest BCUT2D eigenvalue weighted by Crippen LogP contribution is -2.57. The first-order valence-corrected chi connectivity index (χ1v) is 11.3. The first-order chi connectivity index (χ1) is 15.4. The molecule has 1 aliphatic heterocycles. The molecule has 1 amide bonds. The van der Waals surface area contributed by atoms with Crippen LogP contribution in [-0.2, 0) is 5.54 Å². The van der Waals surface area contributed by atoms with Crippen LogP contribution in [0, 0.1) is 12.7 Å². The highest BCUT2D eigenvalue weighted by Gasteiger charge is 2.47. The predicted octanol–water partition coefficient (Wildman–Crippen LogP) is 4.61. The van der Waals surface area contributed by atoms with Gasteiger partial charge >= 0.3 is 0 Å². The van der Waals surface area contributed by atoms with Gasteiger partial charge in [-0.25, -0.2) is 4.39 Å². The van der Waals surface area contributed by atoms with Gasteiger partial charge in [-0.3, -0.25) is 14.7 Å². The zero-order chi connectivity index (χ0) is 22.5. The molecule has 0 spiro atoms. The number of anilines is 1. The van der Waals surface area contributed by atoms with Crippen molar-refractivity contribution in [2.24, 2.45) is 0 Å². The van der Waals surface area contributed by atoms with Crippen LogP contribution in [0.4, 0.5) is 10.1 Å². The molecular weight excluding hydrogens is 403 g/mol. The summed E-state index contributed by atoms with van der Waals surface area (Å²) in [6.07, 6.45) is 3.26. The number of hydrogen-bond donors (Lipinski definition) is 2. The Kier molecular flexibility index (Phi) is 5.13. The van der Waals surface area contributed by atoms with Gasteiger partial charge < -0.3 is 10.6 Å². The molecule has 5 nitrogen and oxygen atoms in total. The maximum absolute atomic E-state index is 14.2. The summed E-state index contributed by atoms with van der Waals surface area (Å²) in [7, 11) is 0. The van der Waals surface area contributed by atoms with Gasteiger partial charge in [-0.1, -0.05) is 18.2 Å². The minimum absolute atomic E-state index is 0.0950. The third-order valence-corrected chi connectivity index (χ3v) is 6.83. The molecule has 2 aromatic carbocycles. The van der Waals surface area contributed by atoms with Gasteiger partial charge in [0.1, 0.15) is 11.3 Å². The van der Waals surface area contributed by atoms with E-state index in [1.54, 1.807) is 12.3 Å². The average molecular weight is 433 g/mol. The molecule has 3 aromatic rings. The maximum atomic E-state index is 14.2. The van der Waals surface area contributed by atoms with E-state index in [1.807, 2.05) is 37.3 Å². The van der Waals surface area contributed by atoms with E-state index >= 15 is 0 Å². The molecule has 6 heteroatoms. The summed E-state index contributed by atoms with van der Waals surface area (Å²) in [6, 6.07) is 13.9. The molecule has 32 heavy (non-hydrogen) atoms. The number of likely N-dealkylation sites (tertiary alicyclic amines) is 1. The Labute approximate surface area is 188 Å². The molecule has 5 rings (SSSR count). The van der Waals surface area contributed by atoms with Crippen LogP contribution in [0.5, 0.6) is 0 Å². The highest BCUT2D eigenvalue weighted by atomic mass is 19.1. The minimum Gasteiger partial charge on any atom is -0.380 e. The second-order valence-electron chi connectivity index (χ2n) is 9.45. The van der Waals surface area contributed by atoms with Crippen LogP contribution >= 0.6 is 0 Å². The van der Waals surface area contributed by atoms with Crippen LogP contribution in [0.1, 0.15) is 48.2 Å².